The third-order valence-electron chi connectivity index (χ3n) is 3.37. The predicted molar refractivity (Wildman–Crippen MR) is 115 cm³/mol. The highest BCUT2D eigenvalue weighted by atomic mass is 35.5. The zero-order valence-electron chi connectivity index (χ0n) is 14.2. The Morgan fingerprint density at radius 3 is 2.67 bits per heavy atom. The molecular formula is C20H16ClN3OS2. The lowest BCUT2D eigenvalue weighted by molar-refractivity contribution is -0.111. The average Bonchev–Trinajstić information content (AvgIpc) is 3.12. The van der Waals surface area contributed by atoms with E-state index in [0.717, 1.165) is 21.2 Å². The Morgan fingerprint density at radius 1 is 1.07 bits per heavy atom. The number of rotatable bonds is 7. The molecule has 0 aliphatic heterocycles. The maximum absolute atomic E-state index is 12.0. The number of anilines is 1. The standard InChI is InChI=1S/C20H16ClN3OS2/c21-17-11-5-4-10-16(17)12-13-18(25)22-19-23-24-20(27-19)26-14-6-9-15-7-2-1-3-8-15/h1-13H,14H2,(H,22,23,25)/b9-6+,13-12+. The number of hydrogen-bond donors (Lipinski definition) is 1. The Bertz CT molecular complexity index is 955. The second kappa shape index (κ2) is 10.1. The topological polar surface area (TPSA) is 54.9 Å². The lowest BCUT2D eigenvalue weighted by Gasteiger charge is -1.97. The molecule has 0 unspecified atom stereocenters. The normalized spacial score (nSPS) is 11.3. The van der Waals surface area contributed by atoms with Crippen molar-refractivity contribution in [2.45, 2.75) is 4.34 Å². The number of hydrogen-bond acceptors (Lipinski definition) is 5. The van der Waals surface area contributed by atoms with Crippen molar-refractivity contribution in [3.63, 3.8) is 0 Å². The molecule has 0 fully saturated rings. The van der Waals surface area contributed by atoms with E-state index in [9.17, 15) is 4.79 Å². The number of nitrogens with zero attached hydrogens (tertiary/aromatic N) is 2. The first kappa shape index (κ1) is 19.4. The van der Waals surface area contributed by atoms with Crippen LogP contribution in [0.1, 0.15) is 11.1 Å². The monoisotopic (exact) mass is 413 g/mol. The molecule has 1 aromatic heterocycles. The van der Waals surface area contributed by atoms with Gasteiger partial charge >= 0.3 is 0 Å². The smallest absolute Gasteiger partial charge is 0.250 e. The SMILES string of the molecule is O=C(/C=C/c1ccccc1Cl)Nc1nnc(SC/C=C/c2ccccc2)s1. The van der Waals surface area contributed by atoms with E-state index in [1.807, 2.05) is 36.4 Å². The second-order valence-electron chi connectivity index (χ2n) is 5.34. The molecule has 0 radical (unpaired) electrons. The molecule has 0 bridgehead atoms. The van der Waals surface area contributed by atoms with Crippen molar-refractivity contribution in [2.24, 2.45) is 0 Å². The van der Waals surface area contributed by atoms with Gasteiger partial charge < -0.3 is 0 Å². The Hall–Kier alpha value is -2.41. The number of amides is 1. The molecule has 1 N–H and O–H groups in total. The summed E-state index contributed by atoms with van der Waals surface area (Å²) in [4.78, 5) is 12.0. The van der Waals surface area contributed by atoms with E-state index < -0.39 is 0 Å². The van der Waals surface area contributed by atoms with Crippen LogP contribution in [0.5, 0.6) is 0 Å². The van der Waals surface area contributed by atoms with Crippen LogP contribution in [0.4, 0.5) is 5.13 Å². The van der Waals surface area contributed by atoms with Crippen LogP contribution in [0.15, 0.2) is 71.1 Å². The summed E-state index contributed by atoms with van der Waals surface area (Å²) in [5, 5.41) is 11.9. The van der Waals surface area contributed by atoms with E-state index in [1.54, 1.807) is 23.9 Å². The van der Waals surface area contributed by atoms with Gasteiger partial charge in [0.25, 0.3) is 0 Å². The summed E-state index contributed by atoms with van der Waals surface area (Å²) in [5.41, 5.74) is 1.95. The molecule has 3 aromatic rings. The van der Waals surface area contributed by atoms with Gasteiger partial charge in [-0.3, -0.25) is 10.1 Å². The maximum atomic E-state index is 12.0. The zero-order valence-corrected chi connectivity index (χ0v) is 16.6. The molecule has 2 aromatic carbocycles. The lowest BCUT2D eigenvalue weighted by Crippen LogP contribution is -2.07. The van der Waals surface area contributed by atoms with Crippen molar-refractivity contribution < 1.29 is 4.79 Å². The molecule has 0 aliphatic rings. The highest BCUT2D eigenvalue weighted by molar-refractivity contribution is 8.01. The maximum Gasteiger partial charge on any atom is 0.250 e. The molecule has 0 aliphatic carbocycles. The van der Waals surface area contributed by atoms with Gasteiger partial charge in [0.15, 0.2) is 4.34 Å². The minimum atomic E-state index is -0.272. The van der Waals surface area contributed by atoms with Crippen LogP contribution in [0.2, 0.25) is 5.02 Å². The van der Waals surface area contributed by atoms with Crippen molar-refractivity contribution in [3.8, 4) is 0 Å². The molecular weight excluding hydrogens is 398 g/mol. The van der Waals surface area contributed by atoms with Crippen molar-refractivity contribution >= 4 is 57.9 Å². The quantitative estimate of drug-likeness (QED) is 0.309. The van der Waals surface area contributed by atoms with Crippen LogP contribution in [0, 0.1) is 0 Å². The van der Waals surface area contributed by atoms with Crippen molar-refractivity contribution in [3.05, 3.63) is 82.9 Å². The molecule has 0 saturated carbocycles. The van der Waals surface area contributed by atoms with Crippen molar-refractivity contribution in [2.75, 3.05) is 11.1 Å². The highest BCUT2D eigenvalue weighted by Gasteiger charge is 2.06. The first-order chi connectivity index (χ1) is 13.2. The van der Waals surface area contributed by atoms with Crippen molar-refractivity contribution in [1.82, 2.24) is 10.2 Å². The Balaban J connectivity index is 1.48. The molecule has 136 valence electrons. The highest BCUT2D eigenvalue weighted by Crippen LogP contribution is 2.25. The molecule has 7 heteroatoms. The fourth-order valence-electron chi connectivity index (χ4n) is 2.11. The summed E-state index contributed by atoms with van der Waals surface area (Å²) in [5.74, 6) is 0.510. The largest absolute Gasteiger partial charge is 0.297 e. The number of thioether (sulfide) groups is 1. The first-order valence-corrected chi connectivity index (χ1v) is 10.3. The number of carbonyl (C=O) groups excluding carboxylic acids is 1. The minimum absolute atomic E-state index is 0.272. The van der Waals surface area contributed by atoms with E-state index >= 15 is 0 Å². The van der Waals surface area contributed by atoms with E-state index in [0.29, 0.717) is 10.2 Å². The first-order valence-electron chi connectivity index (χ1n) is 8.12. The van der Waals surface area contributed by atoms with E-state index in [4.69, 9.17) is 11.6 Å². The average molecular weight is 414 g/mol. The predicted octanol–water partition coefficient (Wildman–Crippen LogP) is 5.65. The number of carbonyl (C=O) groups is 1. The molecule has 27 heavy (non-hydrogen) atoms. The summed E-state index contributed by atoms with van der Waals surface area (Å²) >= 11 is 8.98. The minimum Gasteiger partial charge on any atom is -0.297 e. The summed E-state index contributed by atoms with van der Waals surface area (Å²) in [6.07, 6.45) is 7.24. The molecule has 4 nitrogen and oxygen atoms in total. The molecule has 1 heterocycles. The van der Waals surface area contributed by atoms with Gasteiger partial charge in [-0.15, -0.1) is 10.2 Å². The molecule has 0 spiro atoms. The van der Waals surface area contributed by atoms with Gasteiger partial charge in [0.05, 0.1) is 0 Å². The molecule has 0 atom stereocenters. The number of halogens is 1. The Labute approximate surface area is 171 Å². The van der Waals surface area contributed by atoms with Crippen LogP contribution in [0.25, 0.3) is 12.2 Å². The van der Waals surface area contributed by atoms with Crippen LogP contribution in [-0.4, -0.2) is 21.9 Å². The van der Waals surface area contributed by atoms with Gasteiger partial charge in [-0.1, -0.05) is 95.4 Å². The summed E-state index contributed by atoms with van der Waals surface area (Å²) in [6.45, 7) is 0. The van der Waals surface area contributed by atoms with Crippen LogP contribution < -0.4 is 5.32 Å². The Morgan fingerprint density at radius 2 is 1.85 bits per heavy atom. The van der Waals surface area contributed by atoms with Crippen LogP contribution in [-0.2, 0) is 4.79 Å². The van der Waals surface area contributed by atoms with Crippen LogP contribution in [0.3, 0.4) is 0 Å². The summed E-state index contributed by atoms with van der Waals surface area (Å²) in [6, 6.07) is 17.4. The fourth-order valence-corrected chi connectivity index (χ4v) is 3.90. The second-order valence-corrected chi connectivity index (χ2v) is 7.99. The van der Waals surface area contributed by atoms with Gasteiger partial charge in [0.2, 0.25) is 11.0 Å². The van der Waals surface area contributed by atoms with Gasteiger partial charge in [-0.2, -0.15) is 0 Å². The molecule has 3 rings (SSSR count). The zero-order chi connectivity index (χ0) is 18.9. The fraction of sp³-hybridized carbons (Fsp3) is 0.0500. The Kier molecular flexibility index (Phi) is 7.21. The lowest BCUT2D eigenvalue weighted by atomic mass is 10.2. The van der Waals surface area contributed by atoms with E-state index in [1.165, 1.54) is 17.4 Å². The molecule has 0 saturated heterocycles. The summed E-state index contributed by atoms with van der Waals surface area (Å²) in [7, 11) is 0. The van der Waals surface area contributed by atoms with Gasteiger partial charge in [-0.25, -0.2) is 0 Å². The van der Waals surface area contributed by atoms with Gasteiger partial charge in [-0.05, 0) is 23.3 Å². The van der Waals surface area contributed by atoms with Crippen LogP contribution >= 0.6 is 34.7 Å². The van der Waals surface area contributed by atoms with Crippen molar-refractivity contribution in [1.29, 1.82) is 0 Å². The third kappa shape index (κ3) is 6.36. The summed E-state index contributed by atoms with van der Waals surface area (Å²) < 4.78 is 0.804. The van der Waals surface area contributed by atoms with Gasteiger partial charge in [0.1, 0.15) is 0 Å². The number of nitrogens with one attached hydrogen (secondary N) is 1. The molecule has 1 amide bonds. The van der Waals surface area contributed by atoms with Gasteiger partial charge in [0, 0.05) is 16.9 Å². The van der Waals surface area contributed by atoms with E-state index in [2.05, 4.69) is 39.8 Å². The number of benzene rings is 2. The van der Waals surface area contributed by atoms with E-state index in [-0.39, 0.29) is 5.91 Å². The number of aromatic nitrogens is 2. The third-order valence-corrected chi connectivity index (χ3v) is 5.64.